The van der Waals surface area contributed by atoms with Crippen LogP contribution in [0.15, 0.2) is 64.1 Å². The number of hydrogen-bond donors (Lipinski definition) is 4. The zero-order valence-electron chi connectivity index (χ0n) is 31.9. The molecule has 3 aromatic heterocycles. The minimum absolute atomic E-state index is 0.0493. The summed E-state index contributed by atoms with van der Waals surface area (Å²) in [6, 6.07) is 9.61. The van der Waals surface area contributed by atoms with Crippen molar-refractivity contribution in [2.45, 2.75) is 89.9 Å². The van der Waals surface area contributed by atoms with Crippen LogP contribution in [0.1, 0.15) is 78.1 Å². The number of aromatic nitrogens is 4. The number of alkyl halides is 2. The number of imidazole rings is 2. The molecular formula is C41H43F3N8O4. The minimum atomic E-state index is -1.20. The van der Waals surface area contributed by atoms with Crippen LogP contribution in [0, 0.1) is 5.82 Å². The highest BCUT2D eigenvalue weighted by Crippen LogP contribution is 2.37. The van der Waals surface area contributed by atoms with Gasteiger partial charge in [-0.05, 0) is 77.3 Å². The Morgan fingerprint density at radius 1 is 0.750 bits per heavy atom. The lowest BCUT2D eigenvalue weighted by Gasteiger charge is -2.28. The molecule has 2 aliphatic heterocycles. The average molecular weight is 769 g/mol. The number of aromatic amines is 2. The smallest absolute Gasteiger partial charge is 0.318 e. The molecule has 4 N–H and O–H groups in total. The van der Waals surface area contributed by atoms with E-state index in [1.807, 2.05) is 41.5 Å². The molecular weight excluding hydrogens is 725 g/mol. The van der Waals surface area contributed by atoms with Crippen LogP contribution < -0.4 is 16.1 Å². The Balaban J connectivity index is 1.10. The fraction of sp³-hybridized carbons (Fsp3) is 0.390. The van der Waals surface area contributed by atoms with Crippen LogP contribution in [0.2, 0.25) is 0 Å². The van der Waals surface area contributed by atoms with Gasteiger partial charge in [0.05, 0.1) is 59.7 Å². The predicted molar refractivity (Wildman–Crippen MR) is 207 cm³/mol. The van der Waals surface area contributed by atoms with Crippen molar-refractivity contribution in [3.05, 3.63) is 82.5 Å². The molecule has 12 nitrogen and oxygen atoms in total. The fourth-order valence-electron chi connectivity index (χ4n) is 7.63. The largest absolute Gasteiger partial charge is 0.453 e. The van der Waals surface area contributed by atoms with Gasteiger partial charge >= 0.3 is 12.1 Å². The van der Waals surface area contributed by atoms with Gasteiger partial charge < -0.3 is 34.8 Å². The van der Waals surface area contributed by atoms with E-state index in [4.69, 9.17) is 4.42 Å². The second-order valence-electron chi connectivity index (χ2n) is 16.9. The molecule has 8 rings (SSSR count). The number of rotatable bonds is 4. The van der Waals surface area contributed by atoms with Crippen molar-refractivity contribution < 1.29 is 27.2 Å². The number of urea groups is 2. The van der Waals surface area contributed by atoms with E-state index in [0.29, 0.717) is 39.5 Å². The summed E-state index contributed by atoms with van der Waals surface area (Å²) in [5.41, 5.74) is 0.946. The first-order chi connectivity index (χ1) is 26.4. The maximum absolute atomic E-state index is 16.1. The highest BCUT2D eigenvalue weighted by Gasteiger charge is 2.40. The van der Waals surface area contributed by atoms with Crippen molar-refractivity contribution in [1.82, 2.24) is 40.4 Å². The quantitative estimate of drug-likeness (QED) is 0.133. The van der Waals surface area contributed by atoms with Gasteiger partial charge in [-0.3, -0.25) is 4.79 Å². The SMILES string of the molecule is CC(C)(C)NC(=O)N1C[C@H](F)C[C@H]1c1ncc(-c2ccc3c(F)c4oc5ccc(-c6cnc([C@@H]7C[C@@H](F)CN7C(=O)NC(C)(C)C)[nH]6)cc5c(=O)c4cc3c2)[nH]1. The van der Waals surface area contributed by atoms with Crippen molar-refractivity contribution in [1.29, 1.82) is 0 Å². The van der Waals surface area contributed by atoms with Gasteiger partial charge in [0, 0.05) is 40.4 Å². The van der Waals surface area contributed by atoms with Gasteiger partial charge in [-0.1, -0.05) is 12.1 Å². The number of hydrogen-bond acceptors (Lipinski definition) is 6. The minimum Gasteiger partial charge on any atom is -0.453 e. The first kappa shape index (κ1) is 37.1. The zero-order chi connectivity index (χ0) is 39.8. The van der Waals surface area contributed by atoms with E-state index in [2.05, 4.69) is 30.6 Å². The average Bonchev–Trinajstić information content (AvgIpc) is 3.93. The molecule has 0 bridgehead atoms. The van der Waals surface area contributed by atoms with E-state index >= 15 is 4.39 Å². The Morgan fingerprint density at radius 2 is 1.27 bits per heavy atom. The normalized spacial score (nSPS) is 20.4. The summed E-state index contributed by atoms with van der Waals surface area (Å²) in [5.74, 6) is 0.167. The molecule has 4 amide bonds. The summed E-state index contributed by atoms with van der Waals surface area (Å²) < 4.78 is 51.3. The third-order valence-corrected chi connectivity index (χ3v) is 10.1. The molecule has 4 atom stereocenters. The van der Waals surface area contributed by atoms with E-state index < -0.39 is 46.8 Å². The lowest BCUT2D eigenvalue weighted by Crippen LogP contribution is -2.48. The van der Waals surface area contributed by atoms with Crippen LogP contribution in [-0.2, 0) is 0 Å². The van der Waals surface area contributed by atoms with Crippen LogP contribution in [0.5, 0.6) is 0 Å². The lowest BCUT2D eigenvalue weighted by atomic mass is 10.0. The Kier molecular flexibility index (Phi) is 8.88. The van der Waals surface area contributed by atoms with E-state index in [1.165, 1.54) is 9.80 Å². The molecule has 0 radical (unpaired) electrons. The molecule has 15 heteroatoms. The van der Waals surface area contributed by atoms with E-state index in [0.717, 1.165) is 0 Å². The second kappa shape index (κ2) is 13.4. The highest BCUT2D eigenvalue weighted by molar-refractivity contribution is 6.01. The van der Waals surface area contributed by atoms with E-state index in [-0.39, 0.29) is 65.3 Å². The molecule has 2 aliphatic rings. The summed E-state index contributed by atoms with van der Waals surface area (Å²) in [7, 11) is 0. The van der Waals surface area contributed by atoms with Crippen molar-refractivity contribution in [2.24, 2.45) is 0 Å². The molecule has 2 fully saturated rings. The fourth-order valence-corrected chi connectivity index (χ4v) is 7.63. The first-order valence-corrected chi connectivity index (χ1v) is 18.6. The van der Waals surface area contributed by atoms with Gasteiger partial charge in [0.25, 0.3) is 0 Å². The zero-order valence-corrected chi connectivity index (χ0v) is 31.9. The van der Waals surface area contributed by atoms with Crippen molar-refractivity contribution in [3.8, 4) is 22.5 Å². The van der Waals surface area contributed by atoms with Crippen LogP contribution >= 0.6 is 0 Å². The van der Waals surface area contributed by atoms with Gasteiger partial charge in [0.2, 0.25) is 5.43 Å². The Morgan fingerprint density at radius 3 is 1.80 bits per heavy atom. The summed E-state index contributed by atoms with van der Waals surface area (Å²) in [6.07, 6.45) is 0.944. The number of H-pyrrole nitrogens is 2. The number of amides is 4. The number of carbonyl (C=O) groups excluding carboxylic acids is 2. The highest BCUT2D eigenvalue weighted by atomic mass is 19.1. The standard InChI is InChI=1S/C41H43F3N8O4/c1-40(2,3)49-38(54)51-18-23(42)14-30(51)36-45-16-28(47-36)20-7-9-25-22(11-20)13-27-34(53)26-12-21(8-10-32(26)56-35(27)33(25)44)29-17-46-37(48-29)31-15-24(43)19-52(31)39(55)50-41(4,5)6/h7-13,16-17,23-24,30-31H,14-15,18-19H2,1-6H3,(H,45,47)(H,46,48)(H,49,54)(H,50,55)/t23-,24-,30+,31+/m1/s1. The molecule has 56 heavy (non-hydrogen) atoms. The number of likely N-dealkylation sites (tertiary alicyclic amines) is 2. The Labute approximate surface area is 319 Å². The van der Waals surface area contributed by atoms with Gasteiger partial charge in [-0.15, -0.1) is 0 Å². The molecule has 0 unspecified atom stereocenters. The number of nitrogens with zero attached hydrogens (tertiary/aromatic N) is 4. The van der Waals surface area contributed by atoms with Gasteiger partial charge in [-0.25, -0.2) is 32.7 Å². The van der Waals surface area contributed by atoms with Crippen LogP contribution in [-0.4, -0.2) is 78.3 Å². The second-order valence-corrected chi connectivity index (χ2v) is 16.9. The van der Waals surface area contributed by atoms with Crippen molar-refractivity contribution in [3.63, 3.8) is 0 Å². The van der Waals surface area contributed by atoms with Gasteiger partial charge in [-0.2, -0.15) is 0 Å². The Hall–Kier alpha value is -5.86. The monoisotopic (exact) mass is 768 g/mol. The maximum Gasteiger partial charge on any atom is 0.318 e. The molecule has 5 heterocycles. The number of carbonyl (C=O) groups is 2. The number of benzene rings is 3. The van der Waals surface area contributed by atoms with Gasteiger partial charge in [0.15, 0.2) is 11.4 Å². The van der Waals surface area contributed by atoms with Gasteiger partial charge in [0.1, 0.15) is 29.6 Å². The van der Waals surface area contributed by atoms with Crippen molar-refractivity contribution in [2.75, 3.05) is 13.1 Å². The predicted octanol–water partition coefficient (Wildman–Crippen LogP) is 8.20. The molecule has 292 valence electrons. The Bertz CT molecular complexity index is 2590. The first-order valence-electron chi connectivity index (χ1n) is 18.6. The molecule has 0 spiro atoms. The van der Waals surface area contributed by atoms with E-state index in [1.54, 1.807) is 54.9 Å². The molecule has 2 saturated heterocycles. The number of halogens is 3. The summed E-state index contributed by atoms with van der Waals surface area (Å²) in [4.78, 5) is 58.3. The lowest BCUT2D eigenvalue weighted by molar-refractivity contribution is 0.179. The van der Waals surface area contributed by atoms with Crippen LogP contribution in [0.4, 0.5) is 22.8 Å². The number of nitrogens with one attached hydrogen (secondary N) is 4. The number of fused-ring (bicyclic) bond motifs is 3. The maximum atomic E-state index is 16.1. The molecule has 3 aromatic carbocycles. The topological polar surface area (TPSA) is 152 Å². The third kappa shape index (κ3) is 6.94. The summed E-state index contributed by atoms with van der Waals surface area (Å²) >= 11 is 0. The summed E-state index contributed by atoms with van der Waals surface area (Å²) in [5, 5.41) is 6.74. The van der Waals surface area contributed by atoms with Crippen LogP contribution in [0.3, 0.4) is 0 Å². The molecule has 6 aromatic rings. The summed E-state index contributed by atoms with van der Waals surface area (Å²) in [6.45, 7) is 11.0. The third-order valence-electron chi connectivity index (χ3n) is 10.1. The molecule has 0 aliphatic carbocycles. The van der Waals surface area contributed by atoms with Crippen molar-refractivity contribution >= 4 is 44.8 Å². The molecule has 0 saturated carbocycles. The van der Waals surface area contributed by atoms with E-state index in [9.17, 15) is 23.2 Å². The van der Waals surface area contributed by atoms with Crippen LogP contribution in [0.25, 0.3) is 55.2 Å².